The van der Waals surface area contributed by atoms with Gasteiger partial charge in [0.25, 0.3) is 0 Å². The first-order valence-electron chi connectivity index (χ1n) is 5.94. The second-order valence-corrected chi connectivity index (χ2v) is 4.36. The molecule has 3 nitrogen and oxygen atoms in total. The molecule has 90 valence electrons. The van der Waals surface area contributed by atoms with E-state index in [1.54, 1.807) is 12.5 Å². The zero-order chi connectivity index (χ0) is 12.1. The fourth-order valence-electron chi connectivity index (χ4n) is 1.94. The lowest BCUT2D eigenvalue weighted by atomic mass is 10.1. The van der Waals surface area contributed by atoms with Gasteiger partial charge in [0.15, 0.2) is 0 Å². The maximum absolute atomic E-state index is 5.34. The van der Waals surface area contributed by atoms with Crippen LogP contribution >= 0.6 is 0 Å². The summed E-state index contributed by atoms with van der Waals surface area (Å²) in [5.41, 5.74) is 1.21. The van der Waals surface area contributed by atoms with E-state index < -0.39 is 0 Å². The van der Waals surface area contributed by atoms with Gasteiger partial charge in [-0.2, -0.15) is 0 Å². The Labute approximate surface area is 102 Å². The Hall–Kier alpha value is -1.61. The zero-order valence-electron chi connectivity index (χ0n) is 10.3. The SMILES string of the molecule is CC(Cc1ccco1)N[C@@H](C)c1cccnc1. The van der Waals surface area contributed by atoms with Crippen molar-refractivity contribution >= 4 is 0 Å². The molecule has 0 radical (unpaired) electrons. The highest BCUT2D eigenvalue weighted by molar-refractivity contribution is 5.13. The number of rotatable bonds is 5. The molecule has 1 N–H and O–H groups in total. The largest absolute Gasteiger partial charge is 0.469 e. The second kappa shape index (κ2) is 5.64. The normalized spacial score (nSPS) is 14.5. The highest BCUT2D eigenvalue weighted by Gasteiger charge is 2.10. The second-order valence-electron chi connectivity index (χ2n) is 4.36. The van der Waals surface area contributed by atoms with Gasteiger partial charge in [-0.15, -0.1) is 0 Å². The van der Waals surface area contributed by atoms with Crippen molar-refractivity contribution in [3.8, 4) is 0 Å². The maximum atomic E-state index is 5.34. The van der Waals surface area contributed by atoms with Crippen LogP contribution in [0.1, 0.15) is 31.2 Å². The van der Waals surface area contributed by atoms with Crippen LogP contribution in [-0.4, -0.2) is 11.0 Å². The van der Waals surface area contributed by atoms with Crippen LogP contribution < -0.4 is 5.32 Å². The van der Waals surface area contributed by atoms with Gasteiger partial charge < -0.3 is 9.73 Å². The van der Waals surface area contributed by atoms with Gasteiger partial charge in [-0.3, -0.25) is 4.98 Å². The molecule has 17 heavy (non-hydrogen) atoms. The molecular formula is C14H18N2O. The van der Waals surface area contributed by atoms with Crippen LogP contribution in [0, 0.1) is 0 Å². The van der Waals surface area contributed by atoms with Crippen LogP contribution in [0.2, 0.25) is 0 Å². The van der Waals surface area contributed by atoms with Crippen molar-refractivity contribution in [2.45, 2.75) is 32.4 Å². The van der Waals surface area contributed by atoms with E-state index in [4.69, 9.17) is 4.42 Å². The lowest BCUT2D eigenvalue weighted by molar-refractivity contribution is 0.428. The summed E-state index contributed by atoms with van der Waals surface area (Å²) in [7, 11) is 0. The highest BCUT2D eigenvalue weighted by Crippen LogP contribution is 2.12. The minimum absolute atomic E-state index is 0.300. The number of hydrogen-bond donors (Lipinski definition) is 1. The number of nitrogens with one attached hydrogen (secondary N) is 1. The third-order valence-corrected chi connectivity index (χ3v) is 2.81. The molecule has 0 aliphatic carbocycles. The average molecular weight is 230 g/mol. The summed E-state index contributed by atoms with van der Waals surface area (Å²) in [4.78, 5) is 4.13. The monoisotopic (exact) mass is 230 g/mol. The molecule has 0 aliphatic heterocycles. The van der Waals surface area contributed by atoms with Crippen molar-refractivity contribution < 1.29 is 4.42 Å². The van der Waals surface area contributed by atoms with E-state index in [1.165, 1.54) is 5.56 Å². The van der Waals surface area contributed by atoms with Gasteiger partial charge in [-0.25, -0.2) is 0 Å². The molecule has 2 atom stereocenters. The van der Waals surface area contributed by atoms with E-state index in [0.717, 1.165) is 12.2 Å². The molecule has 0 saturated carbocycles. The number of pyridine rings is 1. The summed E-state index contributed by atoms with van der Waals surface area (Å²) in [6.45, 7) is 4.31. The third-order valence-electron chi connectivity index (χ3n) is 2.81. The van der Waals surface area contributed by atoms with Crippen LogP contribution in [0.5, 0.6) is 0 Å². The van der Waals surface area contributed by atoms with Gasteiger partial charge in [0.05, 0.1) is 6.26 Å². The smallest absolute Gasteiger partial charge is 0.105 e. The minimum Gasteiger partial charge on any atom is -0.469 e. The first-order valence-corrected chi connectivity index (χ1v) is 5.94. The fourth-order valence-corrected chi connectivity index (χ4v) is 1.94. The topological polar surface area (TPSA) is 38.1 Å². The van der Waals surface area contributed by atoms with Crippen molar-refractivity contribution in [2.75, 3.05) is 0 Å². The van der Waals surface area contributed by atoms with Crippen LogP contribution in [0.15, 0.2) is 47.3 Å². The molecule has 0 aromatic carbocycles. The van der Waals surface area contributed by atoms with Gasteiger partial charge in [-0.1, -0.05) is 6.07 Å². The van der Waals surface area contributed by atoms with Gasteiger partial charge in [0.2, 0.25) is 0 Å². The molecule has 2 heterocycles. The Balaban J connectivity index is 1.88. The lowest BCUT2D eigenvalue weighted by Crippen LogP contribution is -2.30. The summed E-state index contributed by atoms with van der Waals surface area (Å²) in [6.07, 6.45) is 6.31. The minimum atomic E-state index is 0.300. The molecule has 1 unspecified atom stereocenters. The Morgan fingerprint density at radius 2 is 2.18 bits per heavy atom. The Kier molecular flexibility index (Phi) is 3.94. The van der Waals surface area contributed by atoms with E-state index in [-0.39, 0.29) is 0 Å². The number of nitrogens with zero attached hydrogens (tertiary/aromatic N) is 1. The number of hydrogen-bond acceptors (Lipinski definition) is 3. The van der Waals surface area contributed by atoms with E-state index in [0.29, 0.717) is 12.1 Å². The van der Waals surface area contributed by atoms with Crippen molar-refractivity contribution in [2.24, 2.45) is 0 Å². The zero-order valence-corrected chi connectivity index (χ0v) is 10.3. The third kappa shape index (κ3) is 3.43. The summed E-state index contributed by atoms with van der Waals surface area (Å²) < 4.78 is 5.34. The van der Waals surface area contributed by atoms with E-state index in [1.807, 2.05) is 24.4 Å². The summed E-state index contributed by atoms with van der Waals surface area (Å²) in [5.74, 6) is 1.02. The molecule has 0 bridgehead atoms. The quantitative estimate of drug-likeness (QED) is 0.858. The Morgan fingerprint density at radius 1 is 1.29 bits per heavy atom. The predicted molar refractivity (Wildman–Crippen MR) is 67.7 cm³/mol. The highest BCUT2D eigenvalue weighted by atomic mass is 16.3. The molecule has 0 spiro atoms. The molecule has 0 aliphatic rings. The van der Waals surface area contributed by atoms with Gasteiger partial charge in [0.1, 0.15) is 5.76 Å². The standard InChI is InChI=1S/C14H18N2O/c1-11(9-14-6-4-8-17-14)16-12(2)13-5-3-7-15-10-13/h3-8,10-12,16H,9H2,1-2H3/t11?,12-/m0/s1. The van der Waals surface area contributed by atoms with Crippen molar-refractivity contribution in [3.63, 3.8) is 0 Å². The van der Waals surface area contributed by atoms with Crippen molar-refractivity contribution in [1.82, 2.24) is 10.3 Å². The molecular weight excluding hydrogens is 212 g/mol. The first-order chi connectivity index (χ1) is 8.25. The van der Waals surface area contributed by atoms with Crippen LogP contribution in [-0.2, 0) is 6.42 Å². The van der Waals surface area contributed by atoms with E-state index in [2.05, 4.69) is 30.2 Å². The van der Waals surface area contributed by atoms with Crippen molar-refractivity contribution in [3.05, 3.63) is 54.2 Å². The molecule has 0 fully saturated rings. The molecule has 2 rings (SSSR count). The fraction of sp³-hybridized carbons (Fsp3) is 0.357. The molecule has 2 aromatic heterocycles. The van der Waals surface area contributed by atoms with Crippen LogP contribution in [0.3, 0.4) is 0 Å². The van der Waals surface area contributed by atoms with E-state index >= 15 is 0 Å². The summed E-state index contributed by atoms with van der Waals surface area (Å²) in [5, 5.41) is 3.53. The van der Waals surface area contributed by atoms with Gasteiger partial charge in [0, 0.05) is 30.9 Å². The number of aromatic nitrogens is 1. The Bertz CT molecular complexity index is 425. The Morgan fingerprint density at radius 3 is 2.82 bits per heavy atom. The molecule has 0 saturated heterocycles. The predicted octanol–water partition coefficient (Wildman–Crippen LogP) is 2.96. The lowest BCUT2D eigenvalue weighted by Gasteiger charge is -2.19. The molecule has 3 heteroatoms. The average Bonchev–Trinajstić information content (AvgIpc) is 2.82. The van der Waals surface area contributed by atoms with Crippen LogP contribution in [0.4, 0.5) is 0 Å². The van der Waals surface area contributed by atoms with Gasteiger partial charge in [-0.05, 0) is 37.6 Å². The van der Waals surface area contributed by atoms with Crippen molar-refractivity contribution in [1.29, 1.82) is 0 Å². The number of furan rings is 1. The first kappa shape index (κ1) is 11.9. The maximum Gasteiger partial charge on any atom is 0.105 e. The summed E-state index contributed by atoms with van der Waals surface area (Å²) in [6, 6.07) is 8.65. The molecule has 2 aromatic rings. The van der Waals surface area contributed by atoms with Gasteiger partial charge >= 0.3 is 0 Å². The van der Waals surface area contributed by atoms with E-state index in [9.17, 15) is 0 Å². The molecule has 0 amide bonds. The summed E-state index contributed by atoms with van der Waals surface area (Å²) >= 11 is 0. The van der Waals surface area contributed by atoms with Crippen LogP contribution in [0.25, 0.3) is 0 Å².